The van der Waals surface area contributed by atoms with Crippen LogP contribution in [0.4, 0.5) is 14.6 Å². The van der Waals surface area contributed by atoms with Crippen LogP contribution in [-0.2, 0) is 6.54 Å². The van der Waals surface area contributed by atoms with Gasteiger partial charge in [-0.2, -0.15) is 13.8 Å². The molecule has 0 saturated heterocycles. The van der Waals surface area contributed by atoms with Crippen LogP contribution in [-0.4, -0.2) is 20.6 Å². The number of hydrogen-bond acceptors (Lipinski definition) is 5. The normalized spacial score (nSPS) is 19.6. The maximum atomic E-state index is 14.2. The fraction of sp³-hybridized carbons (Fsp3) is 0.333. The van der Waals surface area contributed by atoms with Gasteiger partial charge < -0.3 is 15.5 Å². The number of aromatic nitrogens is 3. The molecule has 0 unspecified atom stereocenters. The maximum Gasteiger partial charge on any atom is 0.319 e. The number of rotatable bonds is 5. The van der Waals surface area contributed by atoms with Gasteiger partial charge in [0.05, 0.1) is 16.4 Å². The minimum Gasteiger partial charge on any atom is -0.467 e. The van der Waals surface area contributed by atoms with E-state index < -0.39 is 6.55 Å². The molecule has 148 valence electrons. The van der Waals surface area contributed by atoms with E-state index in [1.165, 1.54) is 0 Å². The van der Waals surface area contributed by atoms with Gasteiger partial charge in [-0.3, -0.25) is 4.57 Å². The number of nitrogens with zero attached hydrogens (tertiary/aromatic N) is 3. The van der Waals surface area contributed by atoms with Gasteiger partial charge in [-0.05, 0) is 59.2 Å². The summed E-state index contributed by atoms with van der Waals surface area (Å²) in [5.74, 6) is 0.639. The first kappa shape index (κ1) is 19.6. The summed E-state index contributed by atoms with van der Waals surface area (Å²) in [4.78, 5) is 8.40. The Balaban J connectivity index is 1.88. The summed E-state index contributed by atoms with van der Waals surface area (Å²) in [5, 5.41) is 3.03. The van der Waals surface area contributed by atoms with E-state index in [2.05, 4.69) is 15.3 Å². The third-order valence-corrected chi connectivity index (χ3v) is 6.06. The van der Waals surface area contributed by atoms with Gasteiger partial charge in [0, 0.05) is 17.7 Å². The average molecular weight is 520 g/mol. The molecular weight excluding hydrogens is 503 g/mol. The van der Waals surface area contributed by atoms with Gasteiger partial charge >= 0.3 is 6.55 Å². The standard InChI is InChI=1S/C18H17ClF2IN5O/c19-17-25-13-12(22)14(10-5-1-2-6-11(10)23)27(18(20)21)15(13)16(26-17)24-8-9-4-3-7-28-9/h1-4,7,10-11,18H,5-6,8,23H2,(H,24,25,26)/t10-,11-/m1/s1. The zero-order valence-electron chi connectivity index (χ0n) is 14.6. The number of alkyl halides is 2. The van der Waals surface area contributed by atoms with Crippen LogP contribution in [0.1, 0.15) is 36.8 Å². The number of hydrogen-bond donors (Lipinski definition) is 2. The van der Waals surface area contributed by atoms with Crippen LogP contribution in [0.25, 0.3) is 11.0 Å². The van der Waals surface area contributed by atoms with Crippen molar-refractivity contribution in [3.05, 3.63) is 50.9 Å². The number of furan rings is 1. The zero-order valence-corrected chi connectivity index (χ0v) is 17.5. The van der Waals surface area contributed by atoms with Crippen molar-refractivity contribution in [3.8, 4) is 0 Å². The molecule has 3 aromatic rings. The van der Waals surface area contributed by atoms with Gasteiger partial charge in [-0.25, -0.2) is 4.98 Å². The Labute approximate surface area is 178 Å². The summed E-state index contributed by atoms with van der Waals surface area (Å²) in [6, 6.07) is 3.28. The molecule has 0 amide bonds. The summed E-state index contributed by atoms with van der Waals surface area (Å²) < 4.78 is 35.3. The largest absolute Gasteiger partial charge is 0.467 e. The molecule has 3 N–H and O–H groups in total. The van der Waals surface area contributed by atoms with E-state index in [0.717, 1.165) is 4.57 Å². The first-order valence-corrected chi connectivity index (χ1v) is 10.1. The fourth-order valence-corrected chi connectivity index (χ4v) is 4.76. The Morgan fingerprint density at radius 1 is 1.36 bits per heavy atom. The Kier molecular flexibility index (Phi) is 5.57. The maximum absolute atomic E-state index is 14.2. The Bertz CT molecular complexity index is 1020. The van der Waals surface area contributed by atoms with Crippen molar-refractivity contribution in [1.29, 1.82) is 0 Å². The van der Waals surface area contributed by atoms with Crippen molar-refractivity contribution in [2.75, 3.05) is 5.32 Å². The lowest BCUT2D eigenvalue weighted by Gasteiger charge is -2.27. The van der Waals surface area contributed by atoms with Crippen molar-refractivity contribution in [2.24, 2.45) is 5.73 Å². The van der Waals surface area contributed by atoms with Gasteiger partial charge in [-0.1, -0.05) is 12.2 Å². The van der Waals surface area contributed by atoms with E-state index in [0.29, 0.717) is 33.4 Å². The van der Waals surface area contributed by atoms with Crippen LogP contribution >= 0.6 is 34.2 Å². The summed E-state index contributed by atoms with van der Waals surface area (Å²) in [6.45, 7) is -2.49. The molecule has 6 nitrogen and oxygen atoms in total. The number of halogens is 4. The van der Waals surface area contributed by atoms with E-state index in [9.17, 15) is 8.78 Å². The van der Waals surface area contributed by atoms with Crippen molar-refractivity contribution in [1.82, 2.24) is 14.5 Å². The quantitative estimate of drug-likeness (QED) is 0.280. The van der Waals surface area contributed by atoms with Crippen molar-refractivity contribution in [2.45, 2.75) is 37.9 Å². The number of nitrogens with two attached hydrogens (primary N) is 1. The highest BCUT2D eigenvalue weighted by atomic mass is 127. The second kappa shape index (κ2) is 7.96. The molecule has 0 radical (unpaired) electrons. The third-order valence-electron chi connectivity index (χ3n) is 4.83. The highest BCUT2D eigenvalue weighted by Gasteiger charge is 2.33. The number of nitrogens with one attached hydrogen (secondary N) is 1. The first-order chi connectivity index (χ1) is 13.5. The van der Waals surface area contributed by atoms with E-state index in [-0.39, 0.29) is 35.1 Å². The molecule has 3 heterocycles. The van der Waals surface area contributed by atoms with E-state index in [4.69, 9.17) is 21.8 Å². The molecule has 2 atom stereocenters. The second-order valence-electron chi connectivity index (χ2n) is 6.53. The zero-order chi connectivity index (χ0) is 19.8. The molecule has 0 saturated carbocycles. The molecule has 0 spiro atoms. The predicted molar refractivity (Wildman–Crippen MR) is 112 cm³/mol. The molecule has 0 aromatic carbocycles. The van der Waals surface area contributed by atoms with Gasteiger partial charge in [0.25, 0.3) is 0 Å². The van der Waals surface area contributed by atoms with Crippen LogP contribution in [0.5, 0.6) is 0 Å². The molecule has 10 heteroatoms. The summed E-state index contributed by atoms with van der Waals surface area (Å²) in [5.41, 5.74) is 7.33. The van der Waals surface area contributed by atoms with E-state index >= 15 is 0 Å². The van der Waals surface area contributed by atoms with Crippen LogP contribution < -0.4 is 11.1 Å². The van der Waals surface area contributed by atoms with Crippen LogP contribution in [0.15, 0.2) is 35.0 Å². The summed E-state index contributed by atoms with van der Waals surface area (Å²) in [6.07, 6.45) is 6.74. The lowest BCUT2D eigenvalue weighted by molar-refractivity contribution is 0.0705. The summed E-state index contributed by atoms with van der Waals surface area (Å²) >= 11 is 8.14. The molecular formula is C18H17ClF2IN5O. The SMILES string of the molecule is N[C@@H]1CC=CC[C@H]1c1c(I)c2nc(Cl)nc(NCc3ccco3)c2n1C(F)F. The fourth-order valence-electron chi connectivity index (χ4n) is 3.56. The summed E-state index contributed by atoms with van der Waals surface area (Å²) in [7, 11) is 0. The molecule has 0 bridgehead atoms. The highest BCUT2D eigenvalue weighted by molar-refractivity contribution is 14.1. The molecule has 0 aliphatic heterocycles. The third kappa shape index (κ3) is 3.50. The molecule has 4 rings (SSSR count). The lowest BCUT2D eigenvalue weighted by atomic mass is 9.87. The number of allylic oxidation sites excluding steroid dienone is 1. The van der Waals surface area contributed by atoms with Gasteiger partial charge in [-0.15, -0.1) is 0 Å². The first-order valence-electron chi connectivity index (χ1n) is 8.69. The van der Waals surface area contributed by atoms with Gasteiger partial charge in [0.1, 0.15) is 16.8 Å². The topological polar surface area (TPSA) is 81.9 Å². The predicted octanol–water partition coefficient (Wildman–Crippen LogP) is 5.05. The molecule has 3 aromatic heterocycles. The minimum atomic E-state index is -2.77. The minimum absolute atomic E-state index is 0.0156. The molecule has 0 fully saturated rings. The Morgan fingerprint density at radius 2 is 2.14 bits per heavy atom. The van der Waals surface area contributed by atoms with Gasteiger partial charge in [0.2, 0.25) is 5.28 Å². The Hall–Kier alpha value is -1.72. The number of anilines is 1. The van der Waals surface area contributed by atoms with Crippen LogP contribution in [0.2, 0.25) is 5.28 Å². The molecule has 28 heavy (non-hydrogen) atoms. The smallest absolute Gasteiger partial charge is 0.319 e. The van der Waals surface area contributed by atoms with E-state index in [1.54, 1.807) is 18.4 Å². The number of fused-ring (bicyclic) bond motifs is 1. The molecule has 1 aliphatic carbocycles. The lowest BCUT2D eigenvalue weighted by Crippen LogP contribution is -2.31. The second-order valence-corrected chi connectivity index (χ2v) is 7.95. The van der Waals surface area contributed by atoms with E-state index in [1.807, 2.05) is 34.7 Å². The average Bonchev–Trinajstić information content (AvgIpc) is 3.27. The van der Waals surface area contributed by atoms with Crippen molar-refractivity contribution < 1.29 is 13.2 Å². The molecule has 1 aliphatic rings. The van der Waals surface area contributed by atoms with Gasteiger partial charge in [0.15, 0.2) is 5.82 Å². The monoisotopic (exact) mass is 519 g/mol. The Morgan fingerprint density at radius 3 is 2.82 bits per heavy atom. The van der Waals surface area contributed by atoms with Crippen molar-refractivity contribution >= 4 is 51.0 Å². The van der Waals surface area contributed by atoms with Crippen LogP contribution in [0.3, 0.4) is 0 Å². The van der Waals surface area contributed by atoms with Crippen molar-refractivity contribution in [3.63, 3.8) is 0 Å². The van der Waals surface area contributed by atoms with Crippen LogP contribution in [0, 0.1) is 3.57 Å². The highest BCUT2D eigenvalue weighted by Crippen LogP contribution is 2.41.